The number of thiophene rings is 1. The van der Waals surface area contributed by atoms with Gasteiger partial charge in [-0.2, -0.15) is 11.3 Å². The van der Waals surface area contributed by atoms with Gasteiger partial charge in [-0.05, 0) is 29.5 Å². The molecule has 0 fully saturated rings. The third-order valence-corrected chi connectivity index (χ3v) is 4.16. The third kappa shape index (κ3) is 3.84. The highest BCUT2D eigenvalue weighted by Gasteiger charge is 2.11. The molecule has 0 aliphatic heterocycles. The van der Waals surface area contributed by atoms with Crippen molar-refractivity contribution >= 4 is 22.9 Å². The maximum atomic E-state index is 12.1. The Morgan fingerprint density at radius 2 is 2.13 bits per heavy atom. The minimum absolute atomic E-state index is 0.0545. The van der Waals surface area contributed by atoms with Gasteiger partial charge in [-0.1, -0.05) is 25.1 Å². The Balaban J connectivity index is 1.57. The zero-order chi connectivity index (χ0) is 16.1. The lowest BCUT2D eigenvalue weighted by molar-refractivity contribution is -0.116. The molecular weight excluding hydrogens is 310 g/mol. The lowest BCUT2D eigenvalue weighted by Gasteiger charge is -2.08. The lowest BCUT2D eigenvalue weighted by Crippen LogP contribution is -2.13. The Morgan fingerprint density at radius 3 is 2.91 bits per heavy atom. The van der Waals surface area contributed by atoms with Crippen LogP contribution in [0.1, 0.15) is 24.8 Å². The summed E-state index contributed by atoms with van der Waals surface area (Å²) in [4.78, 5) is 12.1. The molecule has 3 rings (SSSR count). The van der Waals surface area contributed by atoms with E-state index in [0.29, 0.717) is 24.6 Å². The molecule has 0 spiro atoms. The first-order valence-electron chi connectivity index (χ1n) is 7.49. The Bertz CT molecular complexity index is 781. The molecular formula is C17H17N3O2S. The number of aryl methyl sites for hydroxylation is 2. The van der Waals surface area contributed by atoms with E-state index >= 15 is 0 Å². The molecule has 0 aliphatic rings. The summed E-state index contributed by atoms with van der Waals surface area (Å²) in [7, 11) is 0. The van der Waals surface area contributed by atoms with E-state index in [-0.39, 0.29) is 5.91 Å². The predicted molar refractivity (Wildman–Crippen MR) is 90.4 cm³/mol. The molecule has 2 heterocycles. The highest BCUT2D eigenvalue weighted by Crippen LogP contribution is 2.21. The van der Waals surface area contributed by atoms with Crippen molar-refractivity contribution in [3.05, 3.63) is 52.5 Å². The standard InChI is InChI=1S/C17H17N3O2S/c1-2-12-5-3-4-6-14(12)18-15(21)7-8-16-19-20-17(22-16)13-9-10-23-11-13/h3-6,9-11H,2,7-8H2,1H3,(H,18,21). The Morgan fingerprint density at radius 1 is 1.26 bits per heavy atom. The molecule has 2 aromatic heterocycles. The molecule has 23 heavy (non-hydrogen) atoms. The van der Waals surface area contributed by atoms with Crippen LogP contribution in [-0.2, 0) is 17.6 Å². The van der Waals surface area contributed by atoms with Gasteiger partial charge in [-0.3, -0.25) is 4.79 Å². The fraction of sp³-hybridized carbons (Fsp3) is 0.235. The molecule has 1 amide bonds. The van der Waals surface area contributed by atoms with Gasteiger partial charge in [0.25, 0.3) is 0 Å². The first kappa shape index (κ1) is 15.4. The second-order valence-electron chi connectivity index (χ2n) is 5.07. The van der Waals surface area contributed by atoms with Crippen LogP contribution in [0.25, 0.3) is 11.5 Å². The van der Waals surface area contributed by atoms with Crippen LogP contribution in [0.15, 0.2) is 45.5 Å². The fourth-order valence-electron chi connectivity index (χ4n) is 2.24. The number of hydrogen-bond acceptors (Lipinski definition) is 5. The van der Waals surface area contributed by atoms with E-state index in [2.05, 4.69) is 22.4 Å². The maximum Gasteiger partial charge on any atom is 0.248 e. The van der Waals surface area contributed by atoms with E-state index in [0.717, 1.165) is 23.2 Å². The SMILES string of the molecule is CCc1ccccc1NC(=O)CCc1nnc(-c2ccsc2)o1. The molecule has 0 saturated heterocycles. The van der Waals surface area contributed by atoms with Crippen molar-refractivity contribution in [2.24, 2.45) is 0 Å². The summed E-state index contributed by atoms with van der Waals surface area (Å²) in [6.45, 7) is 2.06. The second kappa shape index (κ2) is 7.19. The van der Waals surface area contributed by atoms with Crippen molar-refractivity contribution in [2.75, 3.05) is 5.32 Å². The van der Waals surface area contributed by atoms with Crippen LogP contribution in [0.4, 0.5) is 5.69 Å². The van der Waals surface area contributed by atoms with Gasteiger partial charge < -0.3 is 9.73 Å². The quantitative estimate of drug-likeness (QED) is 0.745. The monoisotopic (exact) mass is 327 g/mol. The van der Waals surface area contributed by atoms with Crippen LogP contribution in [0, 0.1) is 0 Å². The summed E-state index contributed by atoms with van der Waals surface area (Å²) in [5.41, 5.74) is 2.90. The molecule has 3 aromatic rings. The van der Waals surface area contributed by atoms with Crippen molar-refractivity contribution in [1.29, 1.82) is 0 Å². The highest BCUT2D eigenvalue weighted by atomic mass is 32.1. The Hall–Kier alpha value is -2.47. The number of hydrogen-bond donors (Lipinski definition) is 1. The van der Waals surface area contributed by atoms with Gasteiger partial charge >= 0.3 is 0 Å². The third-order valence-electron chi connectivity index (χ3n) is 3.47. The summed E-state index contributed by atoms with van der Waals surface area (Å²) < 4.78 is 5.58. The molecule has 5 nitrogen and oxygen atoms in total. The van der Waals surface area contributed by atoms with Crippen molar-refractivity contribution in [3.8, 4) is 11.5 Å². The number of nitrogens with zero attached hydrogens (tertiary/aromatic N) is 2. The van der Waals surface area contributed by atoms with E-state index in [9.17, 15) is 4.79 Å². The predicted octanol–water partition coefficient (Wildman–Crippen LogP) is 3.93. The van der Waals surface area contributed by atoms with Gasteiger partial charge in [-0.25, -0.2) is 0 Å². The van der Waals surface area contributed by atoms with Gasteiger partial charge in [0, 0.05) is 29.5 Å². The van der Waals surface area contributed by atoms with Crippen molar-refractivity contribution in [1.82, 2.24) is 10.2 Å². The molecule has 6 heteroatoms. The molecule has 118 valence electrons. The minimum atomic E-state index is -0.0545. The summed E-state index contributed by atoms with van der Waals surface area (Å²) in [5.74, 6) is 0.921. The largest absolute Gasteiger partial charge is 0.421 e. The van der Waals surface area contributed by atoms with E-state index in [1.54, 1.807) is 11.3 Å². The molecule has 0 unspecified atom stereocenters. The Labute approximate surface area is 138 Å². The van der Waals surface area contributed by atoms with Gasteiger partial charge in [-0.15, -0.1) is 10.2 Å². The average molecular weight is 327 g/mol. The number of anilines is 1. The number of para-hydroxylation sites is 1. The smallest absolute Gasteiger partial charge is 0.248 e. The van der Waals surface area contributed by atoms with Crippen LogP contribution in [0.3, 0.4) is 0 Å². The normalized spacial score (nSPS) is 10.7. The number of carbonyl (C=O) groups is 1. The fourth-order valence-corrected chi connectivity index (χ4v) is 2.87. The highest BCUT2D eigenvalue weighted by molar-refractivity contribution is 7.08. The molecule has 0 saturated carbocycles. The first-order chi connectivity index (χ1) is 11.3. The number of carbonyl (C=O) groups excluding carboxylic acids is 1. The maximum absolute atomic E-state index is 12.1. The summed E-state index contributed by atoms with van der Waals surface area (Å²) in [6, 6.07) is 9.74. The summed E-state index contributed by atoms with van der Waals surface area (Å²) in [5, 5.41) is 14.8. The van der Waals surface area contributed by atoms with Gasteiger partial charge in [0.05, 0.1) is 0 Å². The van der Waals surface area contributed by atoms with Gasteiger partial charge in [0.15, 0.2) is 0 Å². The number of nitrogens with one attached hydrogen (secondary N) is 1. The van der Waals surface area contributed by atoms with Crippen molar-refractivity contribution in [2.45, 2.75) is 26.2 Å². The molecule has 0 bridgehead atoms. The van der Waals surface area contributed by atoms with Crippen LogP contribution < -0.4 is 5.32 Å². The van der Waals surface area contributed by atoms with E-state index < -0.39 is 0 Å². The van der Waals surface area contributed by atoms with E-state index in [4.69, 9.17) is 4.42 Å². The molecule has 0 radical (unpaired) electrons. The second-order valence-corrected chi connectivity index (χ2v) is 5.85. The van der Waals surface area contributed by atoms with Gasteiger partial charge in [0.1, 0.15) is 0 Å². The van der Waals surface area contributed by atoms with Crippen LogP contribution in [0.2, 0.25) is 0 Å². The zero-order valence-corrected chi connectivity index (χ0v) is 13.6. The van der Waals surface area contributed by atoms with E-state index in [1.807, 2.05) is 41.1 Å². The van der Waals surface area contributed by atoms with Crippen LogP contribution >= 0.6 is 11.3 Å². The number of amides is 1. The topological polar surface area (TPSA) is 68.0 Å². The van der Waals surface area contributed by atoms with Gasteiger partial charge in [0.2, 0.25) is 17.7 Å². The molecule has 0 aliphatic carbocycles. The minimum Gasteiger partial charge on any atom is -0.421 e. The van der Waals surface area contributed by atoms with E-state index in [1.165, 1.54) is 0 Å². The van der Waals surface area contributed by atoms with Crippen molar-refractivity contribution < 1.29 is 9.21 Å². The number of aromatic nitrogens is 2. The lowest BCUT2D eigenvalue weighted by atomic mass is 10.1. The van der Waals surface area contributed by atoms with Crippen LogP contribution in [0.5, 0.6) is 0 Å². The average Bonchev–Trinajstić information content (AvgIpc) is 3.24. The Kier molecular flexibility index (Phi) is 4.83. The summed E-state index contributed by atoms with van der Waals surface area (Å²) >= 11 is 1.57. The molecule has 1 N–H and O–H groups in total. The molecule has 0 atom stereocenters. The van der Waals surface area contributed by atoms with Crippen molar-refractivity contribution in [3.63, 3.8) is 0 Å². The number of rotatable bonds is 6. The number of benzene rings is 1. The zero-order valence-electron chi connectivity index (χ0n) is 12.8. The first-order valence-corrected chi connectivity index (χ1v) is 8.43. The molecule has 1 aromatic carbocycles. The summed E-state index contributed by atoms with van der Waals surface area (Å²) in [6.07, 6.45) is 1.62. The van der Waals surface area contributed by atoms with Crippen LogP contribution in [-0.4, -0.2) is 16.1 Å².